The molecule has 6 heteroatoms. The lowest BCUT2D eigenvalue weighted by molar-refractivity contribution is -0.120. The Morgan fingerprint density at radius 1 is 1.13 bits per heavy atom. The van der Waals surface area contributed by atoms with Gasteiger partial charge in [-0.05, 0) is 29.8 Å². The van der Waals surface area contributed by atoms with Crippen molar-refractivity contribution in [1.82, 2.24) is 10.7 Å². The molecule has 0 radical (unpaired) electrons. The van der Waals surface area contributed by atoms with Gasteiger partial charge in [-0.3, -0.25) is 9.59 Å². The Morgan fingerprint density at radius 3 is 2.65 bits per heavy atom. The Balaban J connectivity index is 1.78. The average molecular weight is 311 g/mol. The lowest BCUT2D eigenvalue weighted by Gasteiger charge is -2.04. The van der Waals surface area contributed by atoms with Crippen LogP contribution in [0.25, 0.3) is 0 Å². The quantitative estimate of drug-likeness (QED) is 0.628. The van der Waals surface area contributed by atoms with Crippen molar-refractivity contribution in [3.8, 4) is 5.75 Å². The summed E-state index contributed by atoms with van der Waals surface area (Å²) in [5, 5.41) is 6.36. The maximum Gasteiger partial charge on any atom is 0.259 e. The van der Waals surface area contributed by atoms with Crippen molar-refractivity contribution in [2.75, 3.05) is 13.7 Å². The third-order valence-electron chi connectivity index (χ3n) is 2.94. The van der Waals surface area contributed by atoms with Gasteiger partial charge < -0.3 is 10.1 Å². The minimum absolute atomic E-state index is 0.150. The Bertz CT molecular complexity index is 699. The van der Waals surface area contributed by atoms with Crippen molar-refractivity contribution in [2.45, 2.75) is 0 Å². The lowest BCUT2D eigenvalue weighted by atomic mass is 10.2. The number of nitrogens with zero attached hydrogens (tertiary/aromatic N) is 1. The van der Waals surface area contributed by atoms with Crippen LogP contribution in [0.4, 0.5) is 0 Å². The molecule has 0 aromatic heterocycles. The number of hydrazone groups is 1. The summed E-state index contributed by atoms with van der Waals surface area (Å²) in [5.74, 6) is -0.0126. The zero-order chi connectivity index (χ0) is 16.5. The molecule has 0 heterocycles. The van der Waals surface area contributed by atoms with Crippen molar-refractivity contribution in [3.05, 3.63) is 65.7 Å². The highest BCUT2D eigenvalue weighted by Gasteiger charge is 2.06. The van der Waals surface area contributed by atoms with Gasteiger partial charge >= 0.3 is 0 Å². The second kappa shape index (κ2) is 8.33. The molecular weight excluding hydrogens is 294 g/mol. The van der Waals surface area contributed by atoms with Crippen LogP contribution in [0, 0.1) is 0 Å². The number of hydrogen-bond acceptors (Lipinski definition) is 4. The van der Waals surface area contributed by atoms with Gasteiger partial charge in [0.1, 0.15) is 5.75 Å². The third kappa shape index (κ3) is 5.28. The number of amides is 2. The fourth-order valence-corrected chi connectivity index (χ4v) is 1.79. The molecule has 0 aliphatic heterocycles. The molecule has 0 spiro atoms. The van der Waals surface area contributed by atoms with E-state index in [-0.39, 0.29) is 12.5 Å². The van der Waals surface area contributed by atoms with E-state index in [0.29, 0.717) is 11.3 Å². The van der Waals surface area contributed by atoms with E-state index in [1.807, 2.05) is 24.3 Å². The number of benzene rings is 2. The molecule has 2 rings (SSSR count). The molecule has 0 saturated carbocycles. The topological polar surface area (TPSA) is 79.8 Å². The summed E-state index contributed by atoms with van der Waals surface area (Å²) in [7, 11) is 1.58. The van der Waals surface area contributed by atoms with Crippen LogP contribution < -0.4 is 15.5 Å². The number of ether oxygens (including phenoxy) is 1. The van der Waals surface area contributed by atoms with E-state index in [0.717, 1.165) is 5.56 Å². The Kier molecular flexibility index (Phi) is 5.88. The molecule has 2 amide bonds. The van der Waals surface area contributed by atoms with Crippen LogP contribution >= 0.6 is 0 Å². The van der Waals surface area contributed by atoms with E-state index in [1.165, 1.54) is 6.21 Å². The highest BCUT2D eigenvalue weighted by Crippen LogP contribution is 2.10. The van der Waals surface area contributed by atoms with E-state index in [2.05, 4.69) is 15.8 Å². The van der Waals surface area contributed by atoms with Gasteiger partial charge in [0.05, 0.1) is 19.9 Å². The normalized spacial score (nSPS) is 10.3. The summed E-state index contributed by atoms with van der Waals surface area (Å²) in [6.07, 6.45) is 1.50. The highest BCUT2D eigenvalue weighted by atomic mass is 16.5. The molecule has 0 aliphatic carbocycles. The Labute approximate surface area is 134 Å². The minimum atomic E-state index is -0.409. The van der Waals surface area contributed by atoms with Crippen molar-refractivity contribution in [1.29, 1.82) is 0 Å². The summed E-state index contributed by atoms with van der Waals surface area (Å²) in [6, 6.07) is 15.9. The predicted molar refractivity (Wildman–Crippen MR) is 87.5 cm³/mol. The predicted octanol–water partition coefficient (Wildman–Crippen LogP) is 1.58. The third-order valence-corrected chi connectivity index (χ3v) is 2.94. The van der Waals surface area contributed by atoms with Crippen LogP contribution in [0.1, 0.15) is 15.9 Å². The molecule has 0 fully saturated rings. The lowest BCUT2D eigenvalue weighted by Crippen LogP contribution is -2.34. The summed E-state index contributed by atoms with van der Waals surface area (Å²) < 4.78 is 5.09. The molecule has 0 bridgehead atoms. The average Bonchev–Trinajstić information content (AvgIpc) is 2.60. The molecule has 0 aliphatic rings. The first kappa shape index (κ1) is 16.2. The van der Waals surface area contributed by atoms with Gasteiger partial charge in [0, 0.05) is 5.56 Å². The molecule has 2 aromatic carbocycles. The summed E-state index contributed by atoms with van der Waals surface area (Å²) in [4.78, 5) is 23.4. The number of hydrogen-bond donors (Lipinski definition) is 2. The summed E-state index contributed by atoms with van der Waals surface area (Å²) in [6.45, 7) is -0.150. The van der Waals surface area contributed by atoms with E-state index in [4.69, 9.17) is 4.74 Å². The maximum atomic E-state index is 11.8. The molecular formula is C17H17N3O3. The number of rotatable bonds is 6. The van der Waals surface area contributed by atoms with Crippen LogP contribution in [0.5, 0.6) is 5.75 Å². The highest BCUT2D eigenvalue weighted by molar-refractivity contribution is 5.96. The molecule has 23 heavy (non-hydrogen) atoms. The van der Waals surface area contributed by atoms with Crippen LogP contribution in [0.2, 0.25) is 0 Å². The Hall–Kier alpha value is -3.15. The van der Waals surface area contributed by atoms with Gasteiger partial charge in [-0.2, -0.15) is 5.10 Å². The van der Waals surface area contributed by atoms with Crippen LogP contribution in [0.3, 0.4) is 0 Å². The van der Waals surface area contributed by atoms with E-state index < -0.39 is 5.91 Å². The van der Waals surface area contributed by atoms with Gasteiger partial charge in [0.25, 0.3) is 11.8 Å². The van der Waals surface area contributed by atoms with Crippen molar-refractivity contribution in [2.24, 2.45) is 5.10 Å². The van der Waals surface area contributed by atoms with Gasteiger partial charge in [0.15, 0.2) is 0 Å². The van der Waals surface area contributed by atoms with Crippen molar-refractivity contribution >= 4 is 18.0 Å². The van der Waals surface area contributed by atoms with Crippen molar-refractivity contribution in [3.63, 3.8) is 0 Å². The first-order valence-electron chi connectivity index (χ1n) is 6.98. The van der Waals surface area contributed by atoms with E-state index >= 15 is 0 Å². The molecule has 6 nitrogen and oxygen atoms in total. The standard InChI is InChI=1S/C17H17N3O3/c1-23-15-9-5-6-13(10-15)11-19-20-16(21)12-18-17(22)14-7-3-2-4-8-14/h2-11H,12H2,1H3,(H,18,22)(H,20,21)/b19-11-. The minimum Gasteiger partial charge on any atom is -0.497 e. The SMILES string of the molecule is COc1cccc(/C=N\NC(=O)CNC(=O)c2ccccc2)c1. The summed E-state index contributed by atoms with van der Waals surface area (Å²) in [5.41, 5.74) is 3.64. The largest absolute Gasteiger partial charge is 0.497 e. The zero-order valence-corrected chi connectivity index (χ0v) is 12.7. The number of carbonyl (C=O) groups is 2. The van der Waals surface area contributed by atoms with E-state index in [9.17, 15) is 9.59 Å². The molecule has 0 atom stereocenters. The molecule has 118 valence electrons. The van der Waals surface area contributed by atoms with Crippen LogP contribution in [0.15, 0.2) is 59.7 Å². The second-order valence-electron chi connectivity index (χ2n) is 4.62. The Morgan fingerprint density at radius 2 is 1.91 bits per heavy atom. The monoisotopic (exact) mass is 311 g/mol. The van der Waals surface area contributed by atoms with Crippen LogP contribution in [-0.2, 0) is 4.79 Å². The molecule has 2 aromatic rings. The van der Waals surface area contributed by atoms with Gasteiger partial charge in [-0.25, -0.2) is 5.43 Å². The smallest absolute Gasteiger partial charge is 0.259 e. The summed E-state index contributed by atoms with van der Waals surface area (Å²) >= 11 is 0. The zero-order valence-electron chi connectivity index (χ0n) is 12.7. The van der Waals surface area contributed by atoms with Gasteiger partial charge in [0.2, 0.25) is 0 Å². The fourth-order valence-electron chi connectivity index (χ4n) is 1.79. The number of nitrogens with one attached hydrogen (secondary N) is 2. The van der Waals surface area contributed by atoms with E-state index in [1.54, 1.807) is 37.4 Å². The second-order valence-corrected chi connectivity index (χ2v) is 4.62. The molecule has 2 N–H and O–H groups in total. The molecule has 0 saturated heterocycles. The fraction of sp³-hybridized carbons (Fsp3) is 0.118. The van der Waals surface area contributed by atoms with Gasteiger partial charge in [-0.15, -0.1) is 0 Å². The van der Waals surface area contributed by atoms with Gasteiger partial charge in [-0.1, -0.05) is 30.3 Å². The van der Waals surface area contributed by atoms with Crippen molar-refractivity contribution < 1.29 is 14.3 Å². The molecule has 0 unspecified atom stereocenters. The van der Waals surface area contributed by atoms with Crippen LogP contribution in [-0.4, -0.2) is 31.7 Å². The first-order valence-corrected chi connectivity index (χ1v) is 6.98. The number of methoxy groups -OCH3 is 1. The number of carbonyl (C=O) groups excluding carboxylic acids is 2. The maximum absolute atomic E-state index is 11.8. The first-order chi connectivity index (χ1) is 11.2.